The average molecular weight is 1920 g/mol. The minimum Gasteiger partial charge on any atom is -0.504 e. The lowest BCUT2D eigenvalue weighted by molar-refractivity contribution is -0.369. The number of benzene rings is 4. The Kier molecular flexibility index (Phi) is 26.2. The molecule has 6 N–H and O–H groups in total. The SMILES string of the molecule is COCC(=O)[C@@]1(O)CC[C@H]2[C@@H]3CCC4=CC(=O)C=C[C@]4(C)[C@H]3C(=O)C[C@@]21C.COc1cc([C@@H]2c3cc4c(cc3[C@@H](O[C@@H]3O[C@@H]5CO[C@@H](C)OC5[C@H](OC)[C@H]3OC)[C@H]3COC(=O)[C@H]23)OCO4)cc(C)c1OC.COc1cc([C@@H]2c3cc4c(cc3[C@@H](O[C@@H]3O[C@@H]5CO[C@@H](C)O[C@H]5[C@H](O)[C@H]3O)[C@H]3COC(=O)[C@H]23)OCO4)cc(C)c1O.C[C@]12C=CC(=O)C=C1CC[C@@H]1[C@@H]2C(=O)C[C@@]2(C)[C@H]1CC[C@]2(O)C(=O)CO. The zero-order valence-electron chi connectivity index (χ0n) is 79.9. The highest BCUT2D eigenvalue weighted by Crippen LogP contribution is 2.69. The van der Waals surface area contributed by atoms with Gasteiger partial charge in [0.25, 0.3) is 0 Å². The standard InChI is InChI=1S/C32H38O12.C29H32O12.C22H28O5.C21H26O5/c1-14-7-16(8-22(34-3)26(14)35-4)24-17-9-20-21(41-13-40-20)10-18(17)27(19-11-39-31(33)25(19)24)44-32-30(37-6)29(36-5)28-23(43-32)12-38-15(2)42-28;1-11-4-13(5-19(34-3)23(11)30)21-14-6-17-18(38-10-37-17)7-15(14)26(16-8-36-28(33)22(16)21)41-29-25(32)24(31)27-20(40-29)9-35-12(2)39-27;1-20-8-6-14(23)10-13(20)4-5-15-16-7-9-22(26,18(25)12-27-3)21(16,2)11-17(24)19(15)20;1-19-7-5-13(23)9-12(19)3-4-14-15-6-8-21(26,17(25)11-22)20(15,2)10-16(24)18(14)19/h7-10,15,19,23-25,27-30,32H,11-13H2,1-6H3;4-7,12,16,20-22,24-27,29-32H,8-10H2,1-3H3;6,8,10,15-16,19,26H,4-5,7,9,11-12H2,1-3H3;5,7,9,14-15,18,22,26H,3-4,6,8,10-11H2,1-2H3/t15-,19+,23-,24-,25+,27-,28?,29+,30-,32+;12-,16+,20-,21-,22+,24-,25-,26-,27-,29+;15-,16-,19+,20-,21-,22-;14-,15-,18+,19-,20-,21-/m1100/s1. The number of carbonyl (C=O) groups is 8. The van der Waals surface area contributed by atoms with Gasteiger partial charge in [-0.2, -0.15) is 0 Å². The van der Waals surface area contributed by atoms with E-state index < -0.39 is 161 Å². The molecule has 0 amide bonds. The van der Waals surface area contributed by atoms with Crippen LogP contribution < -0.4 is 33.2 Å². The number of Topliss-reactive ketones (excluding diaryl/α,β-unsaturated/α-hetero) is 4. The first kappa shape index (κ1) is 97.4. The van der Waals surface area contributed by atoms with Gasteiger partial charge in [0.05, 0.1) is 71.8 Å². The number of hydrogen-bond donors (Lipinski definition) is 6. The van der Waals surface area contributed by atoms with Gasteiger partial charge in [-0.25, -0.2) is 0 Å². The number of aliphatic hydroxyl groups excluding tert-OH is 3. The van der Waals surface area contributed by atoms with Crippen molar-refractivity contribution in [2.45, 2.75) is 229 Å². The summed E-state index contributed by atoms with van der Waals surface area (Å²) in [4.78, 5) is 102. The Morgan fingerprint density at radius 1 is 0.493 bits per heavy atom. The molecule has 8 aliphatic heterocycles. The lowest BCUT2D eigenvalue weighted by atomic mass is 9.46. The number of phenolic OH excluding ortho intramolecular Hbond substituents is 1. The Balaban J connectivity index is 0.000000121. The lowest BCUT2D eigenvalue weighted by Gasteiger charge is -2.56. The maximum absolute atomic E-state index is 13.6. The van der Waals surface area contributed by atoms with Crippen LogP contribution in [0, 0.1) is 94.7 Å². The summed E-state index contributed by atoms with van der Waals surface area (Å²) >= 11 is 0. The summed E-state index contributed by atoms with van der Waals surface area (Å²) in [6.45, 7) is 15.2. The van der Waals surface area contributed by atoms with E-state index in [1.165, 1.54) is 14.2 Å². The van der Waals surface area contributed by atoms with Crippen LogP contribution in [0.1, 0.15) is 174 Å². The molecular formula is C104H124O34. The van der Waals surface area contributed by atoms with Crippen LogP contribution in [0.15, 0.2) is 96.1 Å². The summed E-state index contributed by atoms with van der Waals surface area (Å²) in [5.41, 5.74) is 2.83. The zero-order valence-corrected chi connectivity index (χ0v) is 79.9. The number of cyclic esters (lactones) is 2. The molecule has 1 unspecified atom stereocenters. The highest BCUT2D eigenvalue weighted by molar-refractivity contribution is 6.03. The number of carbonyl (C=O) groups excluding carboxylic acids is 8. The van der Waals surface area contributed by atoms with E-state index in [0.29, 0.717) is 71.5 Å². The molecule has 10 aliphatic carbocycles. The van der Waals surface area contributed by atoms with Crippen molar-refractivity contribution in [1.82, 2.24) is 0 Å². The molecule has 0 aromatic heterocycles. The molecule has 18 aliphatic rings. The van der Waals surface area contributed by atoms with Gasteiger partial charge in [0, 0.05) is 91.3 Å². The molecule has 138 heavy (non-hydrogen) atoms. The highest BCUT2D eigenvalue weighted by atomic mass is 16.8. The Bertz CT molecular complexity index is 5640. The van der Waals surface area contributed by atoms with Crippen molar-refractivity contribution in [1.29, 1.82) is 0 Å². The molecule has 34 nitrogen and oxygen atoms in total. The van der Waals surface area contributed by atoms with E-state index in [0.717, 1.165) is 76.6 Å². The summed E-state index contributed by atoms with van der Waals surface area (Å²) < 4.78 is 117. The zero-order chi connectivity index (χ0) is 97.8. The van der Waals surface area contributed by atoms with Crippen molar-refractivity contribution >= 4 is 46.6 Å². The molecule has 4 aromatic rings. The normalized spacial score (nSPS) is 40.1. The van der Waals surface area contributed by atoms with Crippen molar-refractivity contribution in [3.63, 3.8) is 0 Å². The number of aromatic hydroxyl groups is 1. The molecule has 6 saturated heterocycles. The molecule has 0 bridgehead atoms. The van der Waals surface area contributed by atoms with Gasteiger partial charge in [-0.3, -0.25) is 38.4 Å². The number of methoxy groups -OCH3 is 6. The first-order valence-electron chi connectivity index (χ1n) is 47.9. The maximum Gasteiger partial charge on any atom is 0.310 e. The second-order valence-corrected chi connectivity index (χ2v) is 41.1. The molecule has 32 atom stereocenters. The van der Waals surface area contributed by atoms with Gasteiger partial charge in [0.1, 0.15) is 84.8 Å². The molecule has 6 saturated carbocycles. The van der Waals surface area contributed by atoms with Crippen molar-refractivity contribution in [2.24, 2.45) is 80.8 Å². The van der Waals surface area contributed by atoms with Gasteiger partial charge < -0.3 is 125 Å². The monoisotopic (exact) mass is 1920 g/mol. The number of esters is 2. The van der Waals surface area contributed by atoms with E-state index in [-0.39, 0.29) is 147 Å². The number of allylic oxidation sites excluding steroid dienone is 8. The van der Waals surface area contributed by atoms with Gasteiger partial charge >= 0.3 is 11.9 Å². The third-order valence-corrected chi connectivity index (χ3v) is 34.3. The van der Waals surface area contributed by atoms with Crippen molar-refractivity contribution in [2.75, 3.05) is 95.9 Å². The molecule has 4 aromatic carbocycles. The molecule has 12 fully saturated rings. The molecule has 22 rings (SSSR count). The van der Waals surface area contributed by atoms with Crippen molar-refractivity contribution < 1.29 is 164 Å². The summed E-state index contributed by atoms with van der Waals surface area (Å²) in [7, 11) is 9.33. The molecule has 0 spiro atoms. The molecule has 34 heteroatoms. The van der Waals surface area contributed by atoms with Gasteiger partial charge in [-0.1, -0.05) is 63.1 Å². The largest absolute Gasteiger partial charge is 0.504 e. The quantitative estimate of drug-likeness (QED) is 0.0569. The number of aryl methyl sites for hydroxylation is 2. The molecule has 0 radical (unpaired) electrons. The maximum atomic E-state index is 13.6. The van der Waals surface area contributed by atoms with Crippen LogP contribution >= 0.6 is 0 Å². The first-order valence-corrected chi connectivity index (χ1v) is 47.9. The predicted octanol–water partition coefficient (Wildman–Crippen LogP) is 9.07. The van der Waals surface area contributed by atoms with Crippen LogP contribution in [0.5, 0.6) is 46.0 Å². The number of fused-ring (bicyclic) bond motifs is 18. The lowest BCUT2D eigenvalue weighted by Crippen LogP contribution is -2.64. The number of hydrogen-bond acceptors (Lipinski definition) is 34. The molecular weight excluding hydrogens is 1790 g/mol. The fourth-order valence-corrected chi connectivity index (χ4v) is 27.6. The second-order valence-electron chi connectivity index (χ2n) is 41.1. The smallest absolute Gasteiger partial charge is 0.310 e. The minimum absolute atomic E-state index is 0.00516. The van der Waals surface area contributed by atoms with E-state index in [4.69, 9.17) is 94.7 Å². The van der Waals surface area contributed by atoms with Crippen LogP contribution in [0.4, 0.5) is 0 Å². The van der Waals surface area contributed by atoms with Crippen molar-refractivity contribution in [3.8, 4) is 46.0 Å². The Morgan fingerprint density at radius 2 is 0.942 bits per heavy atom. The van der Waals surface area contributed by atoms with Crippen LogP contribution in [-0.2, 0) is 99.9 Å². The number of phenols is 1. The number of aliphatic hydroxyl groups is 5. The Morgan fingerprint density at radius 3 is 1.41 bits per heavy atom. The summed E-state index contributed by atoms with van der Waals surface area (Å²) in [5, 5.41) is 64.2. The minimum atomic E-state index is -1.62. The Hall–Kier alpha value is -9.44. The molecule has 744 valence electrons. The second kappa shape index (κ2) is 37.1. The van der Waals surface area contributed by atoms with E-state index in [2.05, 4.69) is 6.92 Å². The van der Waals surface area contributed by atoms with Crippen LogP contribution in [0.3, 0.4) is 0 Å². The summed E-state index contributed by atoms with van der Waals surface area (Å²) in [6.07, 6.45) is 5.51. The van der Waals surface area contributed by atoms with Gasteiger partial charge in [0.2, 0.25) is 13.6 Å². The first-order chi connectivity index (χ1) is 65.9. The van der Waals surface area contributed by atoms with Crippen molar-refractivity contribution in [3.05, 3.63) is 141 Å². The third kappa shape index (κ3) is 15.8. The highest BCUT2D eigenvalue weighted by Gasteiger charge is 2.71. The number of ether oxygens (including phenoxy) is 20. The van der Waals surface area contributed by atoms with E-state index in [9.17, 15) is 69.0 Å². The predicted molar refractivity (Wildman–Crippen MR) is 480 cm³/mol. The third-order valence-electron chi connectivity index (χ3n) is 34.3. The Labute approximate surface area is 798 Å². The summed E-state index contributed by atoms with van der Waals surface area (Å²) in [6, 6.07) is 15.0. The van der Waals surface area contributed by atoms with Gasteiger partial charge in [-0.05, 0) is 208 Å². The molecule has 8 heterocycles. The average Bonchev–Trinajstić information content (AvgIpc) is 1.47. The summed E-state index contributed by atoms with van der Waals surface area (Å²) in [5.74, 6) is -0.522. The van der Waals surface area contributed by atoms with Crippen LogP contribution in [-0.4, -0.2) is 258 Å². The van der Waals surface area contributed by atoms with Crippen LogP contribution in [0.2, 0.25) is 0 Å². The van der Waals surface area contributed by atoms with Crippen LogP contribution in [0.25, 0.3) is 0 Å². The van der Waals surface area contributed by atoms with E-state index >= 15 is 0 Å². The fraction of sp³-hybridized carbons (Fsp3) is 0.615. The topological polar surface area (TPSA) is 443 Å². The van der Waals surface area contributed by atoms with Gasteiger partial charge in [0.15, 0.2) is 94.3 Å². The fourth-order valence-electron chi connectivity index (χ4n) is 27.6. The number of rotatable bonds is 16. The van der Waals surface area contributed by atoms with E-state index in [1.807, 2.05) is 89.2 Å². The van der Waals surface area contributed by atoms with E-state index in [1.54, 1.807) is 72.7 Å². The number of ketones is 6. The van der Waals surface area contributed by atoms with Gasteiger partial charge in [-0.15, -0.1) is 0 Å².